The highest BCUT2D eigenvalue weighted by atomic mass is 35.5. The van der Waals surface area contributed by atoms with Gasteiger partial charge >= 0.3 is 0 Å². The molecule has 1 fully saturated rings. The summed E-state index contributed by atoms with van der Waals surface area (Å²) in [4.78, 5) is 24.2. The quantitative estimate of drug-likeness (QED) is 0.846. The van der Waals surface area contributed by atoms with Crippen LogP contribution in [-0.2, 0) is 6.54 Å². The summed E-state index contributed by atoms with van der Waals surface area (Å²) in [7, 11) is 0. The second-order valence-electron chi connectivity index (χ2n) is 5.28. The number of aryl methyl sites for hydroxylation is 1. The molecule has 23 heavy (non-hydrogen) atoms. The van der Waals surface area contributed by atoms with Gasteiger partial charge in [-0.1, -0.05) is 0 Å². The number of thiazole rings is 2. The van der Waals surface area contributed by atoms with Crippen LogP contribution in [0.25, 0.3) is 0 Å². The van der Waals surface area contributed by atoms with E-state index in [4.69, 9.17) is 0 Å². The van der Waals surface area contributed by atoms with Crippen molar-refractivity contribution in [2.75, 3.05) is 19.6 Å². The topological polar surface area (TPSA) is 58.1 Å². The van der Waals surface area contributed by atoms with Crippen LogP contribution in [0.3, 0.4) is 0 Å². The van der Waals surface area contributed by atoms with Gasteiger partial charge in [0, 0.05) is 16.8 Å². The molecule has 1 N–H and O–H groups in total. The van der Waals surface area contributed by atoms with E-state index in [0.29, 0.717) is 18.2 Å². The molecular formula is C14H20Cl2N4OS2. The van der Waals surface area contributed by atoms with Crippen molar-refractivity contribution in [3.63, 3.8) is 0 Å². The second kappa shape index (κ2) is 9.54. The predicted molar refractivity (Wildman–Crippen MR) is 99.2 cm³/mol. The number of rotatable bonds is 5. The molecule has 0 saturated carbocycles. The van der Waals surface area contributed by atoms with Gasteiger partial charge in [-0.2, -0.15) is 0 Å². The molecule has 1 aliphatic rings. The van der Waals surface area contributed by atoms with E-state index in [-0.39, 0.29) is 30.7 Å². The maximum absolute atomic E-state index is 12.7. The smallest absolute Gasteiger partial charge is 0.273 e. The normalized spacial score (nSPS) is 16.5. The van der Waals surface area contributed by atoms with Crippen molar-refractivity contribution in [2.45, 2.75) is 19.9 Å². The number of halogens is 2. The molecule has 128 valence electrons. The number of amides is 1. The fourth-order valence-electron chi connectivity index (χ4n) is 2.53. The van der Waals surface area contributed by atoms with E-state index in [1.165, 1.54) is 11.3 Å². The summed E-state index contributed by atoms with van der Waals surface area (Å²) in [6.45, 7) is 5.43. The molecule has 0 bridgehead atoms. The van der Waals surface area contributed by atoms with Crippen molar-refractivity contribution in [1.29, 1.82) is 0 Å². The number of hydrogen-bond acceptors (Lipinski definition) is 6. The molecule has 1 aliphatic heterocycles. The molecule has 1 saturated heterocycles. The van der Waals surface area contributed by atoms with E-state index in [1.807, 2.05) is 22.7 Å². The lowest BCUT2D eigenvalue weighted by Gasteiger charge is -2.24. The fraction of sp³-hybridized carbons (Fsp3) is 0.500. The SMILES string of the molecule is Cc1ncsc1CN(CC1CCNC1)C(=O)c1cscn1.Cl.Cl. The number of aromatic nitrogens is 2. The summed E-state index contributed by atoms with van der Waals surface area (Å²) in [6, 6.07) is 0. The Balaban J connectivity index is 0.00000132. The van der Waals surface area contributed by atoms with Crippen molar-refractivity contribution in [2.24, 2.45) is 5.92 Å². The van der Waals surface area contributed by atoms with Gasteiger partial charge in [0.2, 0.25) is 0 Å². The first kappa shape index (κ1) is 20.3. The van der Waals surface area contributed by atoms with E-state index < -0.39 is 0 Å². The summed E-state index contributed by atoms with van der Waals surface area (Å²) < 4.78 is 0. The lowest BCUT2D eigenvalue weighted by molar-refractivity contribution is 0.0715. The largest absolute Gasteiger partial charge is 0.332 e. The van der Waals surface area contributed by atoms with Gasteiger partial charge in [0.25, 0.3) is 5.91 Å². The van der Waals surface area contributed by atoms with E-state index in [2.05, 4.69) is 15.3 Å². The monoisotopic (exact) mass is 394 g/mol. The summed E-state index contributed by atoms with van der Waals surface area (Å²) in [5.74, 6) is 0.553. The Kier molecular flexibility index (Phi) is 8.42. The Morgan fingerprint density at radius 3 is 2.78 bits per heavy atom. The maximum Gasteiger partial charge on any atom is 0.273 e. The van der Waals surface area contributed by atoms with E-state index in [9.17, 15) is 4.79 Å². The lowest BCUT2D eigenvalue weighted by Crippen LogP contribution is -2.35. The van der Waals surface area contributed by atoms with Crippen molar-refractivity contribution in [3.05, 3.63) is 32.7 Å². The molecule has 1 unspecified atom stereocenters. The minimum Gasteiger partial charge on any atom is -0.332 e. The third-order valence-electron chi connectivity index (χ3n) is 3.76. The number of carbonyl (C=O) groups excluding carboxylic acids is 1. The highest BCUT2D eigenvalue weighted by Crippen LogP contribution is 2.19. The Bertz CT molecular complexity index is 600. The van der Waals surface area contributed by atoms with Crippen LogP contribution >= 0.6 is 47.5 Å². The van der Waals surface area contributed by atoms with E-state index >= 15 is 0 Å². The van der Waals surface area contributed by atoms with E-state index in [0.717, 1.165) is 36.6 Å². The number of carbonyl (C=O) groups is 1. The summed E-state index contributed by atoms with van der Waals surface area (Å²) in [6.07, 6.45) is 1.13. The third-order valence-corrected chi connectivity index (χ3v) is 5.27. The van der Waals surface area contributed by atoms with Crippen molar-refractivity contribution in [3.8, 4) is 0 Å². The molecule has 1 amide bonds. The molecule has 3 rings (SSSR count). The zero-order valence-corrected chi connectivity index (χ0v) is 16.0. The van der Waals surface area contributed by atoms with Crippen LogP contribution in [0.2, 0.25) is 0 Å². The maximum atomic E-state index is 12.7. The Morgan fingerprint density at radius 2 is 2.22 bits per heavy atom. The molecule has 0 spiro atoms. The van der Waals surface area contributed by atoms with Gasteiger partial charge in [-0.15, -0.1) is 47.5 Å². The number of nitrogens with one attached hydrogen (secondary N) is 1. The Morgan fingerprint density at radius 1 is 1.39 bits per heavy atom. The molecule has 9 heteroatoms. The standard InChI is InChI=1S/C14H18N4OS2.2ClH/c1-10-13(21-9-16-10)6-18(5-11-2-3-15-4-11)14(19)12-7-20-8-17-12;;/h7-9,11,15H,2-6H2,1H3;2*1H. The first-order chi connectivity index (χ1) is 10.2. The van der Waals surface area contributed by atoms with Crippen LogP contribution in [0, 0.1) is 12.8 Å². The molecule has 0 aliphatic carbocycles. The Labute approximate surface area is 156 Å². The number of nitrogens with zero attached hydrogens (tertiary/aromatic N) is 3. The van der Waals surface area contributed by atoms with Crippen molar-refractivity contribution in [1.82, 2.24) is 20.2 Å². The highest BCUT2D eigenvalue weighted by Gasteiger charge is 2.24. The van der Waals surface area contributed by atoms with Crippen LogP contribution in [0.5, 0.6) is 0 Å². The van der Waals surface area contributed by atoms with Gasteiger partial charge in [0.15, 0.2) is 0 Å². The predicted octanol–water partition coefficient (Wildman–Crippen LogP) is 3.00. The average Bonchev–Trinajstić information content (AvgIpc) is 3.20. The zero-order chi connectivity index (χ0) is 14.7. The lowest BCUT2D eigenvalue weighted by atomic mass is 10.1. The van der Waals surface area contributed by atoms with E-state index in [1.54, 1.807) is 16.8 Å². The second-order valence-corrected chi connectivity index (χ2v) is 6.94. The van der Waals surface area contributed by atoms with Gasteiger partial charge in [0.05, 0.1) is 23.3 Å². The fourth-order valence-corrected chi connectivity index (χ4v) is 3.85. The van der Waals surface area contributed by atoms with Crippen LogP contribution in [0.15, 0.2) is 16.4 Å². The molecule has 0 radical (unpaired) electrons. The Hall–Kier alpha value is -0.730. The molecule has 0 aromatic carbocycles. The van der Waals surface area contributed by atoms with Crippen LogP contribution in [0.4, 0.5) is 0 Å². The zero-order valence-electron chi connectivity index (χ0n) is 12.7. The first-order valence-electron chi connectivity index (χ1n) is 7.01. The van der Waals surface area contributed by atoms with Gasteiger partial charge in [0.1, 0.15) is 5.69 Å². The van der Waals surface area contributed by atoms with Gasteiger partial charge in [-0.25, -0.2) is 9.97 Å². The van der Waals surface area contributed by atoms with Gasteiger partial charge in [-0.05, 0) is 32.4 Å². The van der Waals surface area contributed by atoms with Crippen molar-refractivity contribution < 1.29 is 4.79 Å². The first-order valence-corrected chi connectivity index (χ1v) is 8.83. The van der Waals surface area contributed by atoms with Crippen LogP contribution in [-0.4, -0.2) is 40.4 Å². The minimum absolute atomic E-state index is 0. The molecule has 2 aromatic heterocycles. The third kappa shape index (κ3) is 5.12. The van der Waals surface area contributed by atoms with Crippen molar-refractivity contribution >= 4 is 53.4 Å². The summed E-state index contributed by atoms with van der Waals surface area (Å²) in [5.41, 5.74) is 5.11. The molecular weight excluding hydrogens is 375 g/mol. The average molecular weight is 395 g/mol. The van der Waals surface area contributed by atoms with Gasteiger partial charge < -0.3 is 10.2 Å². The highest BCUT2D eigenvalue weighted by molar-refractivity contribution is 7.09. The van der Waals surface area contributed by atoms with Crippen LogP contribution < -0.4 is 5.32 Å². The molecule has 1 atom stereocenters. The molecule has 3 heterocycles. The summed E-state index contributed by atoms with van der Waals surface area (Å²) in [5, 5.41) is 5.18. The minimum atomic E-state index is 0. The number of hydrogen-bond donors (Lipinski definition) is 1. The van der Waals surface area contributed by atoms with Crippen LogP contribution in [0.1, 0.15) is 27.5 Å². The molecule has 5 nitrogen and oxygen atoms in total. The molecule has 2 aromatic rings. The summed E-state index contributed by atoms with van der Waals surface area (Å²) >= 11 is 3.07. The van der Waals surface area contributed by atoms with Gasteiger partial charge in [-0.3, -0.25) is 4.79 Å².